The first-order chi connectivity index (χ1) is 11.7. The van der Waals surface area contributed by atoms with Crippen LogP contribution in [0.4, 0.5) is 0 Å². The fourth-order valence-electron chi connectivity index (χ4n) is 3.41. The minimum Gasteiger partial charge on any atom is -0.387 e. The van der Waals surface area contributed by atoms with Gasteiger partial charge in [-0.1, -0.05) is 12.1 Å². The predicted molar refractivity (Wildman–Crippen MR) is 90.5 cm³/mol. The van der Waals surface area contributed by atoms with Crippen molar-refractivity contribution in [2.45, 2.75) is 44.0 Å². The molecule has 3 rings (SSSR count). The van der Waals surface area contributed by atoms with Crippen LogP contribution in [0.15, 0.2) is 24.3 Å². The molecule has 1 aromatic carbocycles. The normalized spacial score (nSPS) is 23.9. The van der Waals surface area contributed by atoms with Crippen LogP contribution in [0.5, 0.6) is 0 Å². The van der Waals surface area contributed by atoms with E-state index in [0.29, 0.717) is 24.3 Å². The minimum absolute atomic E-state index is 0.293. The Labute approximate surface area is 143 Å². The van der Waals surface area contributed by atoms with E-state index < -0.39 is 6.10 Å². The number of hydrogen-bond acceptors (Lipinski definition) is 5. The van der Waals surface area contributed by atoms with Gasteiger partial charge in [-0.3, -0.25) is 0 Å². The van der Waals surface area contributed by atoms with Crippen LogP contribution < -0.4 is 0 Å². The smallest absolute Gasteiger partial charge is 0.0991 e. The standard InChI is InChI=1S/C19H26N2O3/c20-12-15-3-5-16(6-4-15)19(22)13-21-9-7-17(8-10-21)24-14-18-2-1-11-23-18/h3-6,17-19,22H,1-2,7-11,13-14H2. The van der Waals surface area contributed by atoms with Crippen LogP contribution in [0.3, 0.4) is 0 Å². The van der Waals surface area contributed by atoms with Gasteiger partial charge in [0, 0.05) is 26.2 Å². The molecule has 2 aliphatic heterocycles. The van der Waals surface area contributed by atoms with Crippen molar-refractivity contribution < 1.29 is 14.6 Å². The monoisotopic (exact) mass is 330 g/mol. The summed E-state index contributed by atoms with van der Waals surface area (Å²) in [5.74, 6) is 0. The van der Waals surface area contributed by atoms with E-state index in [-0.39, 0.29) is 0 Å². The van der Waals surface area contributed by atoms with Gasteiger partial charge in [0.1, 0.15) is 0 Å². The van der Waals surface area contributed by atoms with E-state index in [1.54, 1.807) is 12.1 Å². The van der Waals surface area contributed by atoms with E-state index in [4.69, 9.17) is 14.7 Å². The number of benzene rings is 1. The first-order valence-electron chi connectivity index (χ1n) is 8.88. The van der Waals surface area contributed by atoms with Gasteiger partial charge in [0.15, 0.2) is 0 Å². The third kappa shape index (κ3) is 4.78. The highest BCUT2D eigenvalue weighted by Gasteiger charge is 2.24. The van der Waals surface area contributed by atoms with Gasteiger partial charge in [0.2, 0.25) is 0 Å². The van der Waals surface area contributed by atoms with Crippen LogP contribution in [0.2, 0.25) is 0 Å². The summed E-state index contributed by atoms with van der Waals surface area (Å²) in [5.41, 5.74) is 1.49. The van der Waals surface area contributed by atoms with Crippen LogP contribution in [-0.2, 0) is 9.47 Å². The number of piperidine rings is 1. The van der Waals surface area contributed by atoms with Gasteiger partial charge in [0.25, 0.3) is 0 Å². The number of hydrogen-bond donors (Lipinski definition) is 1. The lowest BCUT2D eigenvalue weighted by atomic mass is 10.0. The Balaban J connectivity index is 1.38. The molecular weight excluding hydrogens is 304 g/mol. The molecule has 2 saturated heterocycles. The molecular formula is C19H26N2O3. The minimum atomic E-state index is -0.512. The molecule has 0 bridgehead atoms. The number of ether oxygens (including phenoxy) is 2. The van der Waals surface area contributed by atoms with Crippen molar-refractivity contribution in [3.8, 4) is 6.07 Å². The van der Waals surface area contributed by atoms with E-state index >= 15 is 0 Å². The summed E-state index contributed by atoms with van der Waals surface area (Å²) in [4.78, 5) is 2.29. The first-order valence-corrected chi connectivity index (χ1v) is 8.88. The molecule has 5 heteroatoms. The average Bonchev–Trinajstić information content (AvgIpc) is 3.15. The van der Waals surface area contributed by atoms with Crippen molar-refractivity contribution in [2.24, 2.45) is 0 Å². The van der Waals surface area contributed by atoms with Crippen molar-refractivity contribution in [2.75, 3.05) is 32.8 Å². The second kappa shape index (κ2) is 8.59. The predicted octanol–water partition coefficient (Wildman–Crippen LogP) is 2.25. The largest absolute Gasteiger partial charge is 0.387 e. The first kappa shape index (κ1) is 17.4. The number of β-amino-alcohol motifs (C(OH)–C–C–N with tert-alkyl or cyclic N) is 1. The maximum absolute atomic E-state index is 10.4. The van der Waals surface area contributed by atoms with E-state index in [2.05, 4.69) is 11.0 Å². The molecule has 0 spiro atoms. The highest BCUT2D eigenvalue weighted by atomic mass is 16.5. The second-order valence-electron chi connectivity index (χ2n) is 6.72. The summed E-state index contributed by atoms with van der Waals surface area (Å²) in [5, 5.41) is 19.2. The van der Waals surface area contributed by atoms with Gasteiger partial charge in [-0.2, -0.15) is 5.26 Å². The van der Waals surface area contributed by atoms with E-state index in [9.17, 15) is 5.11 Å². The summed E-state index contributed by atoms with van der Waals surface area (Å²) in [6.45, 7) is 4.12. The molecule has 2 atom stereocenters. The Morgan fingerprint density at radius 3 is 2.62 bits per heavy atom. The van der Waals surface area contributed by atoms with Crippen molar-refractivity contribution in [1.29, 1.82) is 5.26 Å². The molecule has 0 saturated carbocycles. The van der Waals surface area contributed by atoms with Crippen molar-refractivity contribution in [1.82, 2.24) is 4.90 Å². The number of nitriles is 1. The Morgan fingerprint density at radius 1 is 1.25 bits per heavy atom. The molecule has 0 aliphatic carbocycles. The highest BCUT2D eigenvalue weighted by molar-refractivity contribution is 5.32. The highest BCUT2D eigenvalue weighted by Crippen LogP contribution is 2.20. The molecule has 2 heterocycles. The van der Waals surface area contributed by atoms with Gasteiger partial charge >= 0.3 is 0 Å². The molecule has 24 heavy (non-hydrogen) atoms. The number of rotatable bonds is 6. The Morgan fingerprint density at radius 2 is 2.00 bits per heavy atom. The SMILES string of the molecule is N#Cc1ccc(C(O)CN2CCC(OCC3CCCO3)CC2)cc1. The molecule has 0 aromatic heterocycles. The van der Waals surface area contributed by atoms with Gasteiger partial charge < -0.3 is 19.5 Å². The number of aliphatic hydroxyl groups is 1. The number of aliphatic hydroxyl groups excluding tert-OH is 1. The second-order valence-corrected chi connectivity index (χ2v) is 6.72. The summed E-state index contributed by atoms with van der Waals surface area (Å²) in [6.07, 6.45) is 4.38. The quantitative estimate of drug-likeness (QED) is 0.866. The summed E-state index contributed by atoms with van der Waals surface area (Å²) >= 11 is 0. The third-order valence-corrected chi connectivity index (χ3v) is 4.93. The van der Waals surface area contributed by atoms with Crippen LogP contribution in [-0.4, -0.2) is 55.1 Å². The average molecular weight is 330 g/mol. The lowest BCUT2D eigenvalue weighted by molar-refractivity contribution is -0.0453. The van der Waals surface area contributed by atoms with Gasteiger partial charge in [-0.05, 0) is 43.4 Å². The zero-order valence-electron chi connectivity index (χ0n) is 14.1. The molecule has 0 radical (unpaired) electrons. The molecule has 1 aromatic rings. The number of likely N-dealkylation sites (tertiary alicyclic amines) is 1. The lowest BCUT2D eigenvalue weighted by Crippen LogP contribution is -2.39. The molecule has 0 amide bonds. The topological polar surface area (TPSA) is 65.7 Å². The summed E-state index contributed by atoms with van der Waals surface area (Å²) < 4.78 is 11.6. The van der Waals surface area contributed by atoms with Crippen molar-refractivity contribution in [3.63, 3.8) is 0 Å². The molecule has 2 unspecified atom stereocenters. The summed E-state index contributed by atoms with van der Waals surface area (Å²) in [7, 11) is 0. The Hall–Kier alpha value is -1.45. The van der Waals surface area contributed by atoms with Crippen molar-refractivity contribution >= 4 is 0 Å². The van der Waals surface area contributed by atoms with Crippen LogP contribution in [0.25, 0.3) is 0 Å². The number of nitrogens with zero attached hydrogens (tertiary/aromatic N) is 2. The Kier molecular flexibility index (Phi) is 6.22. The van der Waals surface area contributed by atoms with Crippen LogP contribution >= 0.6 is 0 Å². The lowest BCUT2D eigenvalue weighted by Gasteiger charge is -2.33. The maximum atomic E-state index is 10.4. The van der Waals surface area contributed by atoms with Gasteiger partial charge in [-0.15, -0.1) is 0 Å². The van der Waals surface area contributed by atoms with Crippen molar-refractivity contribution in [3.05, 3.63) is 35.4 Å². The molecule has 1 N–H and O–H groups in total. The molecule has 2 aliphatic rings. The summed E-state index contributed by atoms with van der Waals surface area (Å²) in [6, 6.07) is 9.27. The zero-order valence-corrected chi connectivity index (χ0v) is 14.1. The Bertz CT molecular complexity index is 541. The third-order valence-electron chi connectivity index (χ3n) is 4.93. The molecule has 2 fully saturated rings. The molecule has 130 valence electrons. The van der Waals surface area contributed by atoms with Gasteiger partial charge in [0.05, 0.1) is 36.6 Å². The van der Waals surface area contributed by atoms with E-state index in [1.807, 2.05) is 12.1 Å². The maximum Gasteiger partial charge on any atom is 0.0991 e. The fourth-order valence-corrected chi connectivity index (χ4v) is 3.41. The van der Waals surface area contributed by atoms with Crippen LogP contribution in [0, 0.1) is 11.3 Å². The van der Waals surface area contributed by atoms with Crippen LogP contribution in [0.1, 0.15) is 42.9 Å². The van der Waals surface area contributed by atoms with Gasteiger partial charge in [-0.25, -0.2) is 0 Å². The fraction of sp³-hybridized carbons (Fsp3) is 0.632. The zero-order chi connectivity index (χ0) is 16.8. The molecule has 5 nitrogen and oxygen atoms in total. The van der Waals surface area contributed by atoms with E-state index in [1.165, 1.54) is 0 Å². The van der Waals surface area contributed by atoms with E-state index in [0.717, 1.165) is 57.6 Å².